The van der Waals surface area contributed by atoms with E-state index in [-0.39, 0.29) is 23.0 Å². The number of carbonyl (C=O) groups excluding carboxylic acids is 2. The number of hydrogen-bond donors (Lipinski definition) is 1. The molecule has 40 heavy (non-hydrogen) atoms. The number of likely N-dealkylation sites (N-methyl/N-ethyl adjacent to an activating group) is 1. The average Bonchev–Trinajstić information content (AvgIpc) is 3.50. The van der Waals surface area contributed by atoms with Crippen LogP contribution in [0.5, 0.6) is 0 Å². The number of aromatic nitrogens is 3. The molecule has 2 aromatic carbocycles. The van der Waals surface area contributed by atoms with Crippen LogP contribution in [0.1, 0.15) is 54.1 Å². The predicted molar refractivity (Wildman–Crippen MR) is 159 cm³/mol. The van der Waals surface area contributed by atoms with Gasteiger partial charge in [-0.3, -0.25) is 9.59 Å². The number of nitrogens with two attached hydrogens (primary N) is 1. The minimum Gasteiger partial charge on any atom is -0.347 e. The molecule has 7 nitrogen and oxygen atoms in total. The van der Waals surface area contributed by atoms with Gasteiger partial charge in [0.25, 0.3) is 0 Å². The van der Waals surface area contributed by atoms with E-state index in [1.54, 1.807) is 6.20 Å². The van der Waals surface area contributed by atoms with Gasteiger partial charge in [-0.05, 0) is 64.1 Å². The van der Waals surface area contributed by atoms with Crippen molar-refractivity contribution in [3.8, 4) is 0 Å². The number of benzene rings is 2. The van der Waals surface area contributed by atoms with E-state index in [0.717, 1.165) is 66.8 Å². The van der Waals surface area contributed by atoms with Gasteiger partial charge in [-0.25, -0.2) is 4.98 Å². The van der Waals surface area contributed by atoms with Crippen molar-refractivity contribution in [3.63, 3.8) is 0 Å². The summed E-state index contributed by atoms with van der Waals surface area (Å²) in [4.78, 5) is 31.9. The molecule has 6 rings (SSSR count). The van der Waals surface area contributed by atoms with Crippen molar-refractivity contribution in [1.82, 2.24) is 19.0 Å². The van der Waals surface area contributed by atoms with Crippen LogP contribution in [0.25, 0.3) is 10.9 Å². The third-order valence-corrected chi connectivity index (χ3v) is 9.03. The Morgan fingerprint density at radius 2 is 1.80 bits per heavy atom. The van der Waals surface area contributed by atoms with E-state index in [0.29, 0.717) is 12.5 Å². The van der Waals surface area contributed by atoms with Gasteiger partial charge in [0.05, 0.1) is 5.41 Å². The summed E-state index contributed by atoms with van der Waals surface area (Å²) >= 11 is 0. The smallest absolute Gasteiger partial charge is 0.233 e. The number of amides is 1. The number of hydrogen-bond acceptors (Lipinski definition) is 4. The fraction of sp³-hybridized carbons (Fsp3) is 0.424. The number of Topliss-reactive ketones (excluding diaryl/α,β-unsaturated/α-hetero) is 1. The highest BCUT2D eigenvalue weighted by Gasteiger charge is 2.61. The SMILES string of the molecule is CCN(CC)C(=O)[C@]1(c2ccccc2)C[C@@H]1CN.Cc1nccn1CC1CCc2c(c3ccccc3n2C)C1=O. The van der Waals surface area contributed by atoms with Crippen LogP contribution in [-0.2, 0) is 30.2 Å². The summed E-state index contributed by atoms with van der Waals surface area (Å²) < 4.78 is 4.26. The molecule has 2 aromatic heterocycles. The van der Waals surface area contributed by atoms with E-state index in [1.807, 2.05) is 62.2 Å². The van der Waals surface area contributed by atoms with Crippen molar-refractivity contribution in [2.24, 2.45) is 24.6 Å². The topological polar surface area (TPSA) is 86.2 Å². The van der Waals surface area contributed by atoms with E-state index in [1.165, 1.54) is 5.69 Å². The molecule has 0 spiro atoms. The number of ketones is 1. The quantitative estimate of drug-likeness (QED) is 0.362. The fourth-order valence-corrected chi connectivity index (χ4v) is 6.55. The first-order chi connectivity index (χ1) is 19.4. The molecular formula is C33H41N5O2. The second-order valence-corrected chi connectivity index (χ2v) is 11.1. The molecule has 0 radical (unpaired) electrons. The summed E-state index contributed by atoms with van der Waals surface area (Å²) in [5.74, 6) is 1.84. The average molecular weight is 540 g/mol. The first-order valence-corrected chi connectivity index (χ1v) is 14.5. The summed E-state index contributed by atoms with van der Waals surface area (Å²) in [6.07, 6.45) is 6.52. The third kappa shape index (κ3) is 4.77. The molecule has 4 aromatic rings. The minimum absolute atomic E-state index is 0.0474. The van der Waals surface area contributed by atoms with Crippen molar-refractivity contribution < 1.29 is 9.59 Å². The molecule has 2 aliphatic carbocycles. The first-order valence-electron chi connectivity index (χ1n) is 14.5. The second kappa shape index (κ2) is 11.4. The van der Waals surface area contributed by atoms with Crippen LogP contribution >= 0.6 is 0 Å². The Balaban J connectivity index is 0.000000165. The summed E-state index contributed by atoms with van der Waals surface area (Å²) in [5.41, 5.74) is 9.85. The Hall–Kier alpha value is -3.71. The number of imidazole rings is 1. The lowest BCUT2D eigenvalue weighted by atomic mass is 9.85. The maximum absolute atomic E-state index is 13.0. The molecule has 0 saturated heterocycles. The zero-order chi connectivity index (χ0) is 28.4. The van der Waals surface area contributed by atoms with Gasteiger partial charge in [0.1, 0.15) is 5.82 Å². The van der Waals surface area contributed by atoms with E-state index < -0.39 is 0 Å². The largest absolute Gasteiger partial charge is 0.347 e. The molecule has 2 aliphatic rings. The summed E-state index contributed by atoms with van der Waals surface area (Å²) in [5, 5.41) is 1.09. The van der Waals surface area contributed by atoms with Crippen LogP contribution in [0.3, 0.4) is 0 Å². The Labute approximate surface area is 237 Å². The fourth-order valence-electron chi connectivity index (χ4n) is 6.55. The zero-order valence-electron chi connectivity index (χ0n) is 24.1. The molecule has 1 saturated carbocycles. The lowest BCUT2D eigenvalue weighted by Crippen LogP contribution is -2.40. The summed E-state index contributed by atoms with van der Waals surface area (Å²) in [6.45, 7) is 8.88. The normalized spacial score (nSPS) is 21.5. The number of carbonyl (C=O) groups is 2. The van der Waals surface area contributed by atoms with Gasteiger partial charge in [-0.15, -0.1) is 0 Å². The highest BCUT2D eigenvalue weighted by molar-refractivity contribution is 6.11. The highest BCUT2D eigenvalue weighted by Crippen LogP contribution is 2.54. The maximum Gasteiger partial charge on any atom is 0.233 e. The standard InChI is InChI=1S/C18H19N3O.C15H22N2O/c1-12-19-9-10-21(12)11-13-7-8-16-17(18(13)22)14-5-3-4-6-15(14)20(16)2;1-3-17(4-2)14(18)15(10-13(15)11-16)12-8-6-5-7-9-12/h3-6,9-10,13H,7-8,11H2,1-2H3;5-9,13H,3-4,10-11,16H2,1-2H3/t;13-,15+/m.1/s1. The van der Waals surface area contributed by atoms with Gasteiger partial charge in [-0.2, -0.15) is 0 Å². The van der Waals surface area contributed by atoms with Crippen molar-refractivity contribution in [2.45, 2.75) is 52.0 Å². The molecule has 2 heterocycles. The van der Waals surface area contributed by atoms with Gasteiger partial charge in [0.2, 0.25) is 5.91 Å². The lowest BCUT2D eigenvalue weighted by molar-refractivity contribution is -0.134. The second-order valence-electron chi connectivity index (χ2n) is 11.1. The molecular weight excluding hydrogens is 498 g/mol. The molecule has 210 valence electrons. The van der Waals surface area contributed by atoms with Crippen LogP contribution in [0.2, 0.25) is 0 Å². The van der Waals surface area contributed by atoms with Crippen LogP contribution in [0.4, 0.5) is 0 Å². The molecule has 2 N–H and O–H groups in total. The Bertz CT molecular complexity index is 1500. The molecule has 0 bridgehead atoms. The van der Waals surface area contributed by atoms with Crippen LogP contribution in [0.15, 0.2) is 67.0 Å². The number of para-hydroxylation sites is 1. The van der Waals surface area contributed by atoms with E-state index in [9.17, 15) is 9.59 Å². The number of rotatable bonds is 7. The molecule has 0 aliphatic heterocycles. The van der Waals surface area contributed by atoms with Crippen molar-refractivity contribution in [3.05, 3.63) is 89.6 Å². The van der Waals surface area contributed by atoms with Crippen LogP contribution in [-0.4, -0.2) is 50.3 Å². The number of nitrogens with zero attached hydrogens (tertiary/aromatic N) is 4. The zero-order valence-corrected chi connectivity index (χ0v) is 24.1. The molecule has 3 atom stereocenters. The number of aryl methyl sites for hydroxylation is 2. The van der Waals surface area contributed by atoms with E-state index >= 15 is 0 Å². The third-order valence-electron chi connectivity index (χ3n) is 9.03. The van der Waals surface area contributed by atoms with Gasteiger partial charge in [-0.1, -0.05) is 48.5 Å². The summed E-state index contributed by atoms with van der Waals surface area (Å²) in [7, 11) is 2.06. The Morgan fingerprint density at radius 1 is 1.10 bits per heavy atom. The van der Waals surface area contributed by atoms with Gasteiger partial charge in [0.15, 0.2) is 5.78 Å². The Morgan fingerprint density at radius 3 is 2.42 bits per heavy atom. The van der Waals surface area contributed by atoms with E-state index in [4.69, 9.17) is 5.73 Å². The first kappa shape index (κ1) is 27.8. The van der Waals surface area contributed by atoms with Crippen LogP contribution < -0.4 is 5.73 Å². The highest BCUT2D eigenvalue weighted by atomic mass is 16.2. The van der Waals surface area contributed by atoms with Gasteiger partial charge in [0, 0.05) is 67.2 Å². The minimum atomic E-state index is -0.345. The molecule has 1 amide bonds. The van der Waals surface area contributed by atoms with Crippen LogP contribution in [0, 0.1) is 18.8 Å². The summed E-state index contributed by atoms with van der Waals surface area (Å²) in [6, 6.07) is 18.3. The van der Waals surface area contributed by atoms with Crippen molar-refractivity contribution in [1.29, 1.82) is 0 Å². The Kier molecular flexibility index (Phi) is 7.95. The maximum atomic E-state index is 13.0. The number of fused-ring (bicyclic) bond motifs is 3. The molecule has 7 heteroatoms. The van der Waals surface area contributed by atoms with Gasteiger partial charge < -0.3 is 19.8 Å². The molecule has 1 unspecified atom stereocenters. The van der Waals surface area contributed by atoms with Crippen molar-refractivity contribution in [2.75, 3.05) is 19.6 Å². The lowest BCUT2D eigenvalue weighted by Gasteiger charge is -2.26. The predicted octanol–water partition coefficient (Wildman–Crippen LogP) is 4.90. The van der Waals surface area contributed by atoms with E-state index in [2.05, 4.69) is 45.4 Å². The monoisotopic (exact) mass is 539 g/mol. The van der Waals surface area contributed by atoms with Crippen molar-refractivity contribution >= 4 is 22.6 Å². The molecule has 1 fully saturated rings. The van der Waals surface area contributed by atoms with Gasteiger partial charge >= 0.3 is 0 Å².